The first-order valence-electron chi connectivity index (χ1n) is 38.9. The van der Waals surface area contributed by atoms with Gasteiger partial charge in [-0.1, -0.05) is 35.9 Å². The standard InChI is InChI=1S/C22H21F2N3O5S.C19H22BF2NO4.C18H14ClF2N3O2.C18H15F2N3O2S.C5H4Cl2N2.C4H7ClO.CH3F.Na.H2S/c1-13-8-19(26-22(25-13)33(30,31)7-6-14(2)28)16-10-18(24)21(29)27(12-16)11-15-4-5-20(32-3)17(23)9-15;1-18(2)19(3,4)27-20(26-18)13-9-15(22)17(24)23(11-13)10-12-6-7-16(25-5)14(21)8-12;1-10-5-15(23-18(19)22-10)12-7-14(21)17(25)24(9-12)8-11-3-4-16(26-2)13(20)6-11;1-10-5-15(22-18(26)21-10)12-7-14(20)17(24)23(9-12)8-11-3-4-16(25-2)13(19)6-11;1-3-2-4(6)9-5(7)8-3;1-4(6)2-3-5;1-2;;/h4-5,8-10,12H,6-7,11H2,1-3H3;6-9,11H,10H2,1-5H3;3-7,9H,8H2,1-2H3;3-7,9H,8H2,1-2H3,(H,21,22,26);2H,1H3;2-3H2,1H3;1H3;;1H2/q;;;;;;;+1;/p-1/i;;;;;;1D;;. The van der Waals surface area contributed by atoms with Gasteiger partial charge >= 0.3 is 36.7 Å². The topological polar surface area (TPSA) is 318 Å². The summed E-state index contributed by atoms with van der Waals surface area (Å²) in [6, 6.07) is 27.7. The monoisotopic (exact) mass is 1970 g/mol. The number of pyridine rings is 4. The van der Waals surface area contributed by atoms with Crippen LogP contribution in [0.4, 0.5) is 39.5 Å². The molecule has 1 fully saturated rings. The van der Waals surface area contributed by atoms with Crippen LogP contribution in [0.25, 0.3) is 33.8 Å². The van der Waals surface area contributed by atoms with Crippen molar-refractivity contribution in [2.75, 3.05) is 47.2 Å². The maximum atomic E-state index is 14.4. The van der Waals surface area contributed by atoms with Gasteiger partial charge in [0.15, 0.2) is 74.3 Å². The van der Waals surface area contributed by atoms with E-state index in [2.05, 4.69) is 39.9 Å². The quantitative estimate of drug-likeness (QED) is 0.00963. The summed E-state index contributed by atoms with van der Waals surface area (Å²) < 4.78 is 189. The molecule has 8 aromatic heterocycles. The number of carbonyl (C=O) groups is 2. The van der Waals surface area contributed by atoms with Crippen LogP contribution in [0.15, 0.2) is 170 Å². The van der Waals surface area contributed by atoms with Crippen LogP contribution in [0.5, 0.6) is 23.0 Å². The van der Waals surface area contributed by atoms with E-state index in [1.165, 1.54) is 137 Å². The molecule has 0 amide bonds. The van der Waals surface area contributed by atoms with E-state index >= 15 is 0 Å². The first-order chi connectivity index (χ1) is 61.1. The van der Waals surface area contributed by atoms with Crippen LogP contribution in [0, 0.1) is 79.0 Å². The number of methoxy groups -OCH3 is 4. The van der Waals surface area contributed by atoms with Crippen molar-refractivity contribution in [3.8, 4) is 56.8 Å². The third-order valence-corrected chi connectivity index (χ3v) is 21.1. The van der Waals surface area contributed by atoms with Crippen molar-refractivity contribution < 1.29 is 117 Å². The molecule has 0 saturated carbocycles. The second-order valence-electron chi connectivity index (χ2n) is 29.2. The number of thiol groups is 1. The number of halogens is 13. The normalized spacial score (nSPS) is 12.1. The molecule has 0 bridgehead atoms. The third-order valence-electron chi connectivity index (χ3n) is 18.7. The number of hydrogen-bond donors (Lipinski definition) is 1. The Balaban J connectivity index is 0.000000292. The maximum absolute atomic E-state index is 14.4. The van der Waals surface area contributed by atoms with Crippen molar-refractivity contribution >= 4 is 106 Å². The first kappa shape index (κ1) is 109. The predicted octanol–water partition coefficient (Wildman–Crippen LogP) is 13.0. The fraction of sp³-hybridized carbons (Fsp3) is 0.287. The Hall–Kier alpha value is -10.4. The summed E-state index contributed by atoms with van der Waals surface area (Å²) in [5.74, 6) is -5.99. The molecule has 0 aliphatic carbocycles. The number of carbonyl (C=O) groups excluding carboxylic acids is 2. The van der Waals surface area contributed by atoms with Gasteiger partial charge in [-0.2, -0.15) is 0 Å². The molecule has 1 aliphatic heterocycles. The van der Waals surface area contributed by atoms with Crippen molar-refractivity contribution in [2.45, 2.75) is 125 Å². The van der Waals surface area contributed by atoms with Crippen molar-refractivity contribution in [3.05, 3.63) is 300 Å². The molecule has 13 rings (SSSR count). The average Bonchev–Trinajstić information content (AvgIpc) is 1.60. The Morgan fingerprint density at radius 2 is 0.809 bits per heavy atom. The minimum absolute atomic E-state index is 0. The van der Waals surface area contributed by atoms with E-state index in [0.717, 1.165) is 44.8 Å². The van der Waals surface area contributed by atoms with Gasteiger partial charge in [0.05, 0.1) is 97.2 Å². The van der Waals surface area contributed by atoms with Gasteiger partial charge in [-0.05, 0) is 224 Å². The first-order valence-corrected chi connectivity index (χ1v) is 41.9. The number of H-pyrrole nitrogens is 1. The van der Waals surface area contributed by atoms with Crippen molar-refractivity contribution in [2.24, 2.45) is 0 Å². The molecular weight excluding hydrogens is 1880 g/mol. The minimum Gasteiger partial charge on any atom is -0.813 e. The zero-order valence-electron chi connectivity index (χ0n) is 74.1. The van der Waals surface area contributed by atoms with E-state index in [4.69, 9.17) is 88.2 Å². The number of Topliss-reactive ketones (excluding diaryl/α,β-unsaturated/α-hetero) is 2. The average molecular weight is 1970 g/mol. The Bertz CT molecular complexity index is 6480. The summed E-state index contributed by atoms with van der Waals surface area (Å²) >= 11 is 27.0. The number of alkyl halides is 2. The fourth-order valence-electron chi connectivity index (χ4n) is 11.7. The van der Waals surface area contributed by atoms with Crippen LogP contribution in [-0.2, 0) is 68.4 Å². The van der Waals surface area contributed by atoms with Crippen molar-refractivity contribution in [1.29, 1.82) is 0 Å². The van der Waals surface area contributed by atoms with E-state index in [1.807, 2.05) is 27.7 Å². The van der Waals surface area contributed by atoms with E-state index < -0.39 is 115 Å². The Labute approximate surface area is 803 Å². The van der Waals surface area contributed by atoms with Gasteiger partial charge in [0.25, 0.3) is 22.2 Å². The molecule has 0 radical (unpaired) electrons. The molecule has 1 saturated heterocycles. The summed E-state index contributed by atoms with van der Waals surface area (Å²) in [5.41, 5.74) is 1.98. The SMILES string of the molecule is CC(=O)CCCl.COc1ccc(Cn2cc(-c3cc(C)[nH]c(=S)n3)cc(F)c2=O)cc1F.COc1ccc(Cn2cc(-c3cc(C)nc(Cl)n3)cc(F)c2=O)cc1F.COc1ccc(Cn2cc(-c3cc(C)nc(S(=O)(=O)CCC(C)=O)n3)cc(F)c2=O)cc1F.COc1ccc(Cn2cc(B3OC(C)(C)C(C)(C)O3)cc(F)c2=O)cc1F.Cc1cc(Cl)nc(Cl)n1.[2H]CF.[Na+].[SH-]. The molecule has 1 aliphatic rings. The largest absolute Gasteiger partial charge is 1.00 e. The molecule has 12 aromatic rings. The number of aryl methyl sites for hydroxylation is 4. The molecule has 44 heteroatoms. The van der Waals surface area contributed by atoms with Crippen LogP contribution < -0.4 is 76.2 Å². The molecule has 0 unspecified atom stereocenters. The van der Waals surface area contributed by atoms with Gasteiger partial charge in [-0.25, -0.2) is 78.4 Å². The van der Waals surface area contributed by atoms with Crippen molar-refractivity contribution in [1.82, 2.24) is 58.1 Å². The number of rotatable bonds is 22. The number of nitrogens with zero attached hydrogens (tertiary/aromatic N) is 11. The Morgan fingerprint density at radius 1 is 0.481 bits per heavy atom. The van der Waals surface area contributed by atoms with E-state index in [0.29, 0.717) is 79.1 Å². The maximum Gasteiger partial charge on any atom is 1.00 e. The molecule has 131 heavy (non-hydrogen) atoms. The van der Waals surface area contributed by atoms with E-state index in [9.17, 15) is 76.7 Å². The molecule has 9 heterocycles. The number of hydrogen-bond acceptors (Lipinski definition) is 23. The third kappa shape index (κ3) is 31.9. The number of ether oxygens (including phenoxy) is 4. The number of sulfone groups is 1. The molecule has 692 valence electrons. The predicted molar refractivity (Wildman–Crippen MR) is 482 cm³/mol. The van der Waals surface area contributed by atoms with Crippen LogP contribution in [0.3, 0.4) is 0 Å². The van der Waals surface area contributed by atoms with Crippen LogP contribution in [0.2, 0.25) is 15.7 Å². The summed E-state index contributed by atoms with van der Waals surface area (Å²) in [5, 5.41) is 0.108. The van der Waals surface area contributed by atoms with Gasteiger partial charge in [0.2, 0.25) is 25.6 Å². The summed E-state index contributed by atoms with van der Waals surface area (Å²) in [6.45, 7) is 17.1. The minimum atomic E-state index is -3.96. The fourth-order valence-corrected chi connectivity index (χ4v) is 14.2. The van der Waals surface area contributed by atoms with Crippen LogP contribution >= 0.6 is 58.6 Å². The van der Waals surface area contributed by atoms with Crippen molar-refractivity contribution in [3.63, 3.8) is 0 Å². The summed E-state index contributed by atoms with van der Waals surface area (Å²) in [7, 11) is -0.352. The van der Waals surface area contributed by atoms with Gasteiger partial charge < -0.3 is 65.0 Å². The van der Waals surface area contributed by atoms with Gasteiger partial charge in [0.1, 0.15) is 16.7 Å². The second-order valence-corrected chi connectivity index (χ2v) is 33.0. The number of ketones is 2. The number of nitrogens with one attached hydrogen (secondary N) is 1. The molecule has 26 nitrogen and oxygen atoms in total. The summed E-state index contributed by atoms with van der Waals surface area (Å²) in [4.78, 5) is 100. The molecule has 0 spiro atoms. The molecular formula is C87H87BCl4F9N12NaO14S3. The van der Waals surface area contributed by atoms with Crippen LogP contribution in [-0.4, -0.2) is 144 Å². The number of benzene rings is 4. The Morgan fingerprint density at radius 3 is 1.12 bits per heavy atom. The molecule has 1 N–H and O–H groups in total. The smallest absolute Gasteiger partial charge is 0.813 e. The van der Waals surface area contributed by atoms with Gasteiger partial charge in [-0.15, -0.1) is 11.6 Å². The number of aromatic amines is 1. The van der Waals surface area contributed by atoms with E-state index in [-0.39, 0.29) is 137 Å². The second kappa shape index (κ2) is 50.4. The van der Waals surface area contributed by atoms with Gasteiger partial charge in [-0.3, -0.25) is 33.2 Å². The van der Waals surface area contributed by atoms with Gasteiger partial charge in [0, 0.05) is 88.4 Å². The molecule has 0 atom stereocenters. The molecule has 4 aromatic carbocycles. The number of aromatic nitrogens is 12. The zero-order chi connectivity index (χ0) is 96.6. The summed E-state index contributed by atoms with van der Waals surface area (Å²) in [6.07, 6.45) is 6.03. The van der Waals surface area contributed by atoms with Crippen LogP contribution in [0.1, 0.15) is 101 Å². The zero-order valence-corrected chi connectivity index (χ0v) is 80.7. The van der Waals surface area contributed by atoms with E-state index in [1.54, 1.807) is 64.1 Å². The Kier molecular flexibility index (Phi) is 42.1.